The highest BCUT2D eigenvalue weighted by molar-refractivity contribution is 5.89. The molecule has 0 aliphatic heterocycles. The van der Waals surface area contributed by atoms with Gasteiger partial charge in [-0.15, -0.1) is 0 Å². The highest BCUT2D eigenvalue weighted by atomic mass is 16.4. The zero-order valence-electron chi connectivity index (χ0n) is 11.4. The molecule has 2 unspecified atom stereocenters. The molecule has 1 aliphatic rings. The lowest BCUT2D eigenvalue weighted by Gasteiger charge is -2.27. The number of carbonyl (C=O) groups excluding carboxylic acids is 1. The van der Waals surface area contributed by atoms with Gasteiger partial charge >= 0.3 is 5.97 Å². The molecule has 0 saturated heterocycles. The zero-order valence-corrected chi connectivity index (χ0v) is 11.4. The van der Waals surface area contributed by atoms with Crippen molar-refractivity contribution >= 4 is 11.9 Å². The second-order valence-corrected chi connectivity index (χ2v) is 5.53. The first-order chi connectivity index (χ1) is 8.88. The van der Waals surface area contributed by atoms with Crippen molar-refractivity contribution in [2.45, 2.75) is 38.6 Å². The summed E-state index contributed by atoms with van der Waals surface area (Å²) in [4.78, 5) is 23.2. The number of fused-ring (bicyclic) bond motifs is 1. The van der Waals surface area contributed by atoms with Crippen LogP contribution >= 0.6 is 0 Å². The lowest BCUT2D eigenvalue weighted by atomic mass is 9.87. The van der Waals surface area contributed by atoms with Crippen LogP contribution in [0.25, 0.3) is 0 Å². The number of carboxylic acid groups (broad SMARTS) is 1. The Bertz CT molecular complexity index is 524. The SMILES string of the molecule is CC(=O)NC1(C(=O)O)CC(C(C)C)c2ccccc21. The van der Waals surface area contributed by atoms with E-state index in [1.807, 2.05) is 24.3 Å². The van der Waals surface area contributed by atoms with Crippen LogP contribution in [0, 0.1) is 5.92 Å². The van der Waals surface area contributed by atoms with Crippen LogP contribution in [0.1, 0.15) is 44.2 Å². The van der Waals surface area contributed by atoms with Gasteiger partial charge in [-0.1, -0.05) is 38.1 Å². The van der Waals surface area contributed by atoms with E-state index in [-0.39, 0.29) is 11.8 Å². The lowest BCUT2D eigenvalue weighted by Crippen LogP contribution is -2.49. The Kier molecular flexibility index (Phi) is 3.35. The van der Waals surface area contributed by atoms with Crippen LogP contribution in [0.2, 0.25) is 0 Å². The molecule has 4 heteroatoms. The number of nitrogens with one attached hydrogen (secondary N) is 1. The van der Waals surface area contributed by atoms with Gasteiger partial charge in [0.1, 0.15) is 0 Å². The molecule has 1 aromatic rings. The molecule has 2 N–H and O–H groups in total. The summed E-state index contributed by atoms with van der Waals surface area (Å²) in [7, 11) is 0. The van der Waals surface area contributed by atoms with Gasteiger partial charge in [0.15, 0.2) is 5.54 Å². The first-order valence-electron chi connectivity index (χ1n) is 6.50. The summed E-state index contributed by atoms with van der Waals surface area (Å²) < 4.78 is 0. The normalized spacial score (nSPS) is 25.2. The van der Waals surface area contributed by atoms with Crippen LogP contribution in [0.4, 0.5) is 0 Å². The van der Waals surface area contributed by atoms with Crippen molar-refractivity contribution in [3.05, 3.63) is 35.4 Å². The third-order valence-electron chi connectivity index (χ3n) is 3.91. The molecule has 1 aliphatic carbocycles. The summed E-state index contributed by atoms with van der Waals surface area (Å²) in [6.07, 6.45) is 0.416. The largest absolute Gasteiger partial charge is 0.479 e. The van der Waals surface area contributed by atoms with E-state index < -0.39 is 11.5 Å². The molecular weight excluding hydrogens is 242 g/mol. The minimum Gasteiger partial charge on any atom is -0.479 e. The summed E-state index contributed by atoms with van der Waals surface area (Å²) in [6.45, 7) is 5.51. The van der Waals surface area contributed by atoms with Gasteiger partial charge < -0.3 is 10.4 Å². The fourth-order valence-corrected chi connectivity index (χ4v) is 3.03. The van der Waals surface area contributed by atoms with Crippen molar-refractivity contribution in [3.63, 3.8) is 0 Å². The summed E-state index contributed by atoms with van der Waals surface area (Å²) in [5, 5.41) is 12.3. The minimum absolute atomic E-state index is 0.152. The number of amides is 1. The van der Waals surface area contributed by atoms with E-state index in [4.69, 9.17) is 0 Å². The van der Waals surface area contributed by atoms with Crippen molar-refractivity contribution in [1.29, 1.82) is 0 Å². The summed E-state index contributed by atoms with van der Waals surface area (Å²) >= 11 is 0. The third kappa shape index (κ3) is 2.11. The monoisotopic (exact) mass is 261 g/mol. The molecule has 0 fully saturated rings. The third-order valence-corrected chi connectivity index (χ3v) is 3.91. The second-order valence-electron chi connectivity index (χ2n) is 5.53. The van der Waals surface area contributed by atoms with E-state index in [9.17, 15) is 14.7 Å². The molecule has 102 valence electrons. The topological polar surface area (TPSA) is 66.4 Å². The standard InChI is InChI=1S/C15H19NO3/c1-9(2)12-8-15(14(18)19,16-10(3)17)13-7-5-4-6-11(12)13/h4-7,9,12H,8H2,1-3H3,(H,16,17)(H,18,19). The molecule has 2 atom stereocenters. The molecule has 0 aromatic heterocycles. The van der Waals surface area contributed by atoms with Gasteiger partial charge in [0.2, 0.25) is 5.91 Å². The average Bonchev–Trinajstić information content (AvgIpc) is 2.65. The number of carboxylic acids is 1. The van der Waals surface area contributed by atoms with Gasteiger partial charge in [-0.2, -0.15) is 0 Å². The van der Waals surface area contributed by atoms with Gasteiger partial charge in [0.05, 0.1) is 0 Å². The fraction of sp³-hybridized carbons (Fsp3) is 0.467. The number of hydrogen-bond acceptors (Lipinski definition) is 2. The van der Waals surface area contributed by atoms with Crippen LogP contribution in [0.5, 0.6) is 0 Å². The Morgan fingerprint density at radius 1 is 1.37 bits per heavy atom. The number of benzene rings is 1. The predicted octanol–water partition coefficient (Wildman–Crippen LogP) is 2.25. The van der Waals surface area contributed by atoms with E-state index in [1.54, 1.807) is 0 Å². The Morgan fingerprint density at radius 3 is 2.53 bits per heavy atom. The first kappa shape index (κ1) is 13.6. The van der Waals surface area contributed by atoms with Gasteiger partial charge in [-0.05, 0) is 29.4 Å². The first-order valence-corrected chi connectivity index (χ1v) is 6.50. The number of aliphatic carboxylic acids is 1. The van der Waals surface area contributed by atoms with Crippen LogP contribution in [0.15, 0.2) is 24.3 Å². The van der Waals surface area contributed by atoms with E-state index in [2.05, 4.69) is 19.2 Å². The van der Waals surface area contributed by atoms with Crippen molar-refractivity contribution in [2.24, 2.45) is 5.92 Å². The van der Waals surface area contributed by atoms with Gasteiger partial charge in [0, 0.05) is 6.92 Å². The molecular formula is C15H19NO3. The van der Waals surface area contributed by atoms with Gasteiger partial charge in [-0.25, -0.2) is 4.79 Å². The van der Waals surface area contributed by atoms with Crippen molar-refractivity contribution in [1.82, 2.24) is 5.32 Å². The van der Waals surface area contributed by atoms with Gasteiger partial charge in [-0.3, -0.25) is 4.79 Å². The van der Waals surface area contributed by atoms with E-state index in [0.29, 0.717) is 12.3 Å². The minimum atomic E-state index is -1.28. The number of rotatable bonds is 3. The van der Waals surface area contributed by atoms with Crippen LogP contribution in [0.3, 0.4) is 0 Å². The maximum atomic E-state index is 11.8. The average molecular weight is 261 g/mol. The lowest BCUT2D eigenvalue weighted by molar-refractivity contribution is -0.148. The molecule has 0 radical (unpaired) electrons. The summed E-state index contributed by atoms with van der Waals surface area (Å²) in [6, 6.07) is 7.51. The molecule has 1 aromatic carbocycles. The maximum Gasteiger partial charge on any atom is 0.334 e. The second kappa shape index (κ2) is 4.68. The molecule has 0 saturated carbocycles. The molecule has 1 amide bonds. The molecule has 0 heterocycles. The Labute approximate surface area is 112 Å². The van der Waals surface area contributed by atoms with Crippen molar-refractivity contribution in [2.75, 3.05) is 0 Å². The highest BCUT2D eigenvalue weighted by Crippen LogP contribution is 2.47. The van der Waals surface area contributed by atoms with Crippen LogP contribution in [-0.4, -0.2) is 17.0 Å². The number of hydrogen-bond donors (Lipinski definition) is 2. The highest BCUT2D eigenvalue weighted by Gasteiger charge is 2.50. The maximum absolute atomic E-state index is 11.8. The molecule has 2 rings (SSSR count). The Morgan fingerprint density at radius 2 is 2.00 bits per heavy atom. The number of carbonyl (C=O) groups is 2. The molecule has 4 nitrogen and oxygen atoms in total. The van der Waals surface area contributed by atoms with E-state index >= 15 is 0 Å². The Balaban J connectivity index is 2.58. The van der Waals surface area contributed by atoms with E-state index in [0.717, 1.165) is 11.1 Å². The van der Waals surface area contributed by atoms with Crippen LogP contribution < -0.4 is 5.32 Å². The van der Waals surface area contributed by atoms with Crippen molar-refractivity contribution < 1.29 is 14.7 Å². The quantitative estimate of drug-likeness (QED) is 0.877. The van der Waals surface area contributed by atoms with Crippen LogP contribution in [-0.2, 0) is 15.1 Å². The molecule has 0 bridgehead atoms. The zero-order chi connectivity index (χ0) is 14.2. The Hall–Kier alpha value is -1.84. The van der Waals surface area contributed by atoms with Crippen molar-refractivity contribution in [3.8, 4) is 0 Å². The molecule has 19 heavy (non-hydrogen) atoms. The summed E-state index contributed by atoms with van der Waals surface area (Å²) in [5.41, 5.74) is 0.474. The van der Waals surface area contributed by atoms with E-state index in [1.165, 1.54) is 6.92 Å². The summed E-state index contributed by atoms with van der Waals surface area (Å²) in [5.74, 6) is -0.824. The fourth-order valence-electron chi connectivity index (χ4n) is 3.03. The molecule has 0 spiro atoms. The van der Waals surface area contributed by atoms with Gasteiger partial charge in [0.25, 0.3) is 0 Å². The predicted molar refractivity (Wildman–Crippen MR) is 71.8 cm³/mol. The smallest absolute Gasteiger partial charge is 0.334 e.